The Hall–Kier alpha value is -1.25. The molecule has 0 saturated heterocycles. The predicted octanol–water partition coefficient (Wildman–Crippen LogP) is 1.86. The van der Waals surface area contributed by atoms with Crippen LogP contribution >= 0.6 is 11.8 Å². The van der Waals surface area contributed by atoms with Crippen molar-refractivity contribution < 1.29 is 22.7 Å². The zero-order valence-corrected chi connectivity index (χ0v) is 14.8. The van der Waals surface area contributed by atoms with Gasteiger partial charge in [0.25, 0.3) is 0 Å². The molecule has 0 aliphatic heterocycles. The number of thioether (sulfide) groups is 1. The average molecular weight is 347 g/mol. The third kappa shape index (κ3) is 4.62. The lowest BCUT2D eigenvalue weighted by Crippen LogP contribution is -2.23. The molecule has 0 aliphatic rings. The van der Waals surface area contributed by atoms with E-state index in [1.54, 1.807) is 11.8 Å². The lowest BCUT2D eigenvalue weighted by Gasteiger charge is -2.15. The van der Waals surface area contributed by atoms with Crippen molar-refractivity contribution in [1.29, 1.82) is 0 Å². The maximum atomic E-state index is 12.3. The fourth-order valence-corrected chi connectivity index (χ4v) is 3.19. The Balaban J connectivity index is 3.03. The minimum atomic E-state index is -3.71. The van der Waals surface area contributed by atoms with Crippen molar-refractivity contribution in [3.05, 3.63) is 23.8 Å². The van der Waals surface area contributed by atoms with Crippen LogP contribution in [0.15, 0.2) is 23.1 Å². The van der Waals surface area contributed by atoms with Gasteiger partial charge in [-0.15, -0.1) is 0 Å². The number of hydrogen-bond donors (Lipinski definition) is 0. The maximum absolute atomic E-state index is 12.3. The number of hydrogen-bond acceptors (Lipinski definition) is 6. The standard InChI is InChI=1S/C14H21NO5S2/c1-5-21-9-8-20-14(16)11-6-7-12(19-4)13(10-11)22(17,18)15(2)3/h6-7,10H,5,8-9H2,1-4H3. The molecule has 0 fully saturated rings. The summed E-state index contributed by atoms with van der Waals surface area (Å²) in [7, 11) is 0.507. The van der Waals surface area contributed by atoms with Gasteiger partial charge in [-0.25, -0.2) is 17.5 Å². The third-order valence-corrected chi connectivity index (χ3v) is 5.52. The highest BCUT2D eigenvalue weighted by Gasteiger charge is 2.24. The molecule has 1 aromatic carbocycles. The molecule has 0 aliphatic carbocycles. The average Bonchev–Trinajstić information content (AvgIpc) is 2.50. The van der Waals surface area contributed by atoms with Crippen LogP contribution in [-0.2, 0) is 14.8 Å². The molecular weight excluding hydrogens is 326 g/mol. The molecule has 0 heterocycles. The van der Waals surface area contributed by atoms with Gasteiger partial charge >= 0.3 is 5.97 Å². The zero-order valence-electron chi connectivity index (χ0n) is 13.2. The number of esters is 1. The van der Waals surface area contributed by atoms with Gasteiger partial charge in [-0.2, -0.15) is 11.8 Å². The first-order valence-electron chi connectivity index (χ1n) is 6.70. The molecule has 0 radical (unpaired) electrons. The van der Waals surface area contributed by atoms with E-state index in [0.717, 1.165) is 10.1 Å². The SMILES string of the molecule is CCSCCOC(=O)c1ccc(OC)c(S(=O)(=O)N(C)C)c1. The molecule has 1 rings (SSSR count). The van der Waals surface area contributed by atoms with E-state index in [1.807, 2.05) is 6.92 Å². The van der Waals surface area contributed by atoms with Gasteiger partial charge in [0, 0.05) is 19.8 Å². The molecule has 6 nitrogen and oxygen atoms in total. The maximum Gasteiger partial charge on any atom is 0.338 e. The van der Waals surface area contributed by atoms with E-state index in [2.05, 4.69) is 0 Å². The summed E-state index contributed by atoms with van der Waals surface area (Å²) in [6, 6.07) is 4.22. The Morgan fingerprint density at radius 2 is 2.00 bits per heavy atom. The molecule has 22 heavy (non-hydrogen) atoms. The summed E-state index contributed by atoms with van der Waals surface area (Å²) in [5.74, 6) is 1.30. The van der Waals surface area contributed by atoms with Crippen LogP contribution in [0.1, 0.15) is 17.3 Å². The van der Waals surface area contributed by atoms with Gasteiger partial charge in [0.05, 0.1) is 12.7 Å². The molecule has 0 unspecified atom stereocenters. The minimum absolute atomic E-state index is 0.0580. The summed E-state index contributed by atoms with van der Waals surface area (Å²) in [5.41, 5.74) is 0.183. The second-order valence-electron chi connectivity index (χ2n) is 4.49. The van der Waals surface area contributed by atoms with Crippen molar-refractivity contribution >= 4 is 27.8 Å². The molecule has 0 bridgehead atoms. The van der Waals surface area contributed by atoms with E-state index < -0.39 is 16.0 Å². The number of ether oxygens (including phenoxy) is 2. The Morgan fingerprint density at radius 3 is 2.55 bits per heavy atom. The highest BCUT2D eigenvalue weighted by Crippen LogP contribution is 2.27. The first kappa shape index (κ1) is 18.8. The number of carbonyl (C=O) groups excluding carboxylic acids is 1. The highest BCUT2D eigenvalue weighted by molar-refractivity contribution is 7.99. The smallest absolute Gasteiger partial charge is 0.338 e. The lowest BCUT2D eigenvalue weighted by atomic mass is 10.2. The van der Waals surface area contributed by atoms with Gasteiger partial charge in [0.1, 0.15) is 17.3 Å². The van der Waals surface area contributed by atoms with Crippen LogP contribution in [-0.4, -0.2) is 58.0 Å². The van der Waals surface area contributed by atoms with Crippen LogP contribution in [0.2, 0.25) is 0 Å². The summed E-state index contributed by atoms with van der Waals surface area (Å²) < 4.78 is 35.8. The number of carbonyl (C=O) groups is 1. The van der Waals surface area contributed by atoms with E-state index in [0.29, 0.717) is 12.4 Å². The molecule has 0 N–H and O–H groups in total. The number of benzene rings is 1. The van der Waals surface area contributed by atoms with Gasteiger partial charge in [0.15, 0.2) is 0 Å². The number of sulfonamides is 1. The first-order valence-corrected chi connectivity index (χ1v) is 9.29. The normalized spacial score (nSPS) is 11.5. The molecule has 8 heteroatoms. The van der Waals surface area contributed by atoms with Crippen LogP contribution in [0, 0.1) is 0 Å². The van der Waals surface area contributed by atoms with Crippen LogP contribution in [0.5, 0.6) is 5.75 Å². The van der Waals surface area contributed by atoms with Crippen LogP contribution in [0.25, 0.3) is 0 Å². The highest BCUT2D eigenvalue weighted by atomic mass is 32.2. The van der Waals surface area contributed by atoms with Gasteiger partial charge in [-0.3, -0.25) is 0 Å². The number of nitrogens with zero attached hydrogens (tertiary/aromatic N) is 1. The number of methoxy groups -OCH3 is 1. The van der Waals surface area contributed by atoms with Crippen molar-refractivity contribution in [2.45, 2.75) is 11.8 Å². The molecular formula is C14H21NO5S2. The minimum Gasteiger partial charge on any atom is -0.495 e. The summed E-state index contributed by atoms with van der Waals surface area (Å²) in [5, 5.41) is 0. The molecule has 1 aromatic rings. The Morgan fingerprint density at radius 1 is 1.32 bits per heavy atom. The zero-order chi connectivity index (χ0) is 16.8. The molecule has 124 valence electrons. The second-order valence-corrected chi connectivity index (χ2v) is 8.00. The fraction of sp³-hybridized carbons (Fsp3) is 0.500. The van der Waals surface area contributed by atoms with Crippen molar-refractivity contribution in [2.75, 3.05) is 39.3 Å². The Labute approximate surface area is 135 Å². The largest absolute Gasteiger partial charge is 0.495 e. The molecule has 0 aromatic heterocycles. The molecule has 0 amide bonds. The van der Waals surface area contributed by atoms with Gasteiger partial charge < -0.3 is 9.47 Å². The van der Waals surface area contributed by atoms with Crippen LogP contribution < -0.4 is 4.74 Å². The lowest BCUT2D eigenvalue weighted by molar-refractivity contribution is 0.0530. The fourth-order valence-electron chi connectivity index (χ4n) is 1.62. The Bertz CT molecular complexity index is 614. The summed E-state index contributed by atoms with van der Waals surface area (Å²) in [6.07, 6.45) is 0. The van der Waals surface area contributed by atoms with Crippen LogP contribution in [0.3, 0.4) is 0 Å². The quantitative estimate of drug-likeness (QED) is 0.528. The Kier molecular flexibility index (Phi) is 7.18. The number of rotatable bonds is 8. The van der Waals surface area contributed by atoms with E-state index in [1.165, 1.54) is 39.4 Å². The van der Waals surface area contributed by atoms with E-state index in [9.17, 15) is 13.2 Å². The monoisotopic (exact) mass is 347 g/mol. The van der Waals surface area contributed by atoms with Gasteiger partial charge in [-0.05, 0) is 24.0 Å². The predicted molar refractivity (Wildman–Crippen MR) is 87.1 cm³/mol. The topological polar surface area (TPSA) is 72.9 Å². The van der Waals surface area contributed by atoms with Gasteiger partial charge in [-0.1, -0.05) is 6.92 Å². The third-order valence-electron chi connectivity index (χ3n) is 2.82. The van der Waals surface area contributed by atoms with E-state index in [-0.39, 0.29) is 16.2 Å². The molecule has 0 spiro atoms. The van der Waals surface area contributed by atoms with Crippen molar-refractivity contribution in [1.82, 2.24) is 4.31 Å². The van der Waals surface area contributed by atoms with E-state index in [4.69, 9.17) is 9.47 Å². The first-order chi connectivity index (χ1) is 10.3. The molecule has 0 saturated carbocycles. The second kappa shape index (κ2) is 8.40. The summed E-state index contributed by atoms with van der Waals surface area (Å²) in [6.45, 7) is 2.31. The van der Waals surface area contributed by atoms with Crippen molar-refractivity contribution in [3.8, 4) is 5.75 Å². The van der Waals surface area contributed by atoms with Crippen molar-refractivity contribution in [2.24, 2.45) is 0 Å². The summed E-state index contributed by atoms with van der Waals surface area (Å²) >= 11 is 1.66. The summed E-state index contributed by atoms with van der Waals surface area (Å²) in [4.78, 5) is 11.9. The van der Waals surface area contributed by atoms with E-state index >= 15 is 0 Å². The van der Waals surface area contributed by atoms with Gasteiger partial charge in [0.2, 0.25) is 10.0 Å². The van der Waals surface area contributed by atoms with Crippen LogP contribution in [0.4, 0.5) is 0 Å². The van der Waals surface area contributed by atoms with Crippen molar-refractivity contribution in [3.63, 3.8) is 0 Å². The molecule has 0 atom stereocenters.